The zero-order valence-electron chi connectivity index (χ0n) is 15.0. The van der Waals surface area contributed by atoms with Gasteiger partial charge in [0.25, 0.3) is 0 Å². The highest BCUT2D eigenvalue weighted by molar-refractivity contribution is 5.93. The number of hydrogen-bond acceptors (Lipinski definition) is 7. The minimum absolute atomic E-state index is 0.0119. The number of nitrogens with zero attached hydrogens (tertiary/aromatic N) is 4. The zero-order chi connectivity index (χ0) is 19.9. The number of ether oxygens (including phenoxy) is 1. The van der Waals surface area contributed by atoms with E-state index in [4.69, 9.17) is 16.2 Å². The molecular weight excluding hydrogens is 360 g/mol. The average Bonchev–Trinajstić information content (AvgIpc) is 3.18. The monoisotopic (exact) mass is 378 g/mol. The number of aromatic nitrogens is 4. The Balaban J connectivity index is 2.06. The molecule has 4 rings (SSSR count). The van der Waals surface area contributed by atoms with E-state index in [1.54, 1.807) is 25.3 Å². The topological polar surface area (TPSA) is 142 Å². The maximum Gasteiger partial charge on any atom is 0.247 e. The van der Waals surface area contributed by atoms with E-state index < -0.39 is 18.1 Å². The van der Waals surface area contributed by atoms with Crippen molar-refractivity contribution in [2.45, 2.75) is 5.54 Å². The Kier molecular flexibility index (Phi) is 4.17. The van der Waals surface area contributed by atoms with Gasteiger partial charge in [-0.2, -0.15) is 4.52 Å². The molecule has 142 valence electrons. The summed E-state index contributed by atoms with van der Waals surface area (Å²) in [4.78, 5) is 21.1. The van der Waals surface area contributed by atoms with Gasteiger partial charge in [-0.1, -0.05) is 24.3 Å². The van der Waals surface area contributed by atoms with Crippen LogP contribution in [-0.2, 0) is 10.3 Å². The molecule has 9 heteroatoms. The molecule has 9 nitrogen and oxygen atoms in total. The van der Waals surface area contributed by atoms with Crippen molar-refractivity contribution in [3.8, 4) is 17.1 Å². The van der Waals surface area contributed by atoms with Crippen LogP contribution in [0, 0.1) is 0 Å². The minimum Gasteiger partial charge on any atom is -0.497 e. The first kappa shape index (κ1) is 17.8. The number of amides is 1. The van der Waals surface area contributed by atoms with E-state index >= 15 is 0 Å². The molecule has 28 heavy (non-hydrogen) atoms. The molecule has 0 saturated carbocycles. The molecule has 2 aromatic heterocycles. The van der Waals surface area contributed by atoms with Gasteiger partial charge in [0.15, 0.2) is 22.8 Å². The van der Waals surface area contributed by atoms with Crippen molar-refractivity contribution in [3.05, 3.63) is 54.4 Å². The largest absolute Gasteiger partial charge is 0.497 e. The van der Waals surface area contributed by atoms with Crippen LogP contribution >= 0.6 is 0 Å². The average molecular weight is 378 g/mol. The molecule has 5 N–H and O–H groups in total. The first-order valence-corrected chi connectivity index (χ1v) is 8.48. The van der Waals surface area contributed by atoms with Crippen molar-refractivity contribution in [2.75, 3.05) is 13.7 Å². The number of carbonyl (C=O) groups excluding carboxylic acids is 1. The predicted molar refractivity (Wildman–Crippen MR) is 102 cm³/mol. The highest BCUT2D eigenvalue weighted by Crippen LogP contribution is 2.27. The summed E-state index contributed by atoms with van der Waals surface area (Å²) in [6.45, 7) is -0.725. The maximum absolute atomic E-state index is 12.0. The maximum atomic E-state index is 12.0. The Hall–Kier alpha value is -3.56. The highest BCUT2D eigenvalue weighted by Gasteiger charge is 2.39. The first-order chi connectivity index (χ1) is 13.5. The minimum atomic E-state index is -1.92. The quantitative estimate of drug-likeness (QED) is 0.461. The van der Waals surface area contributed by atoms with Crippen molar-refractivity contribution >= 4 is 22.5 Å². The van der Waals surface area contributed by atoms with Crippen LogP contribution in [0.25, 0.3) is 27.9 Å². The fourth-order valence-corrected chi connectivity index (χ4v) is 2.99. The van der Waals surface area contributed by atoms with Gasteiger partial charge >= 0.3 is 0 Å². The number of fused-ring (bicyclic) bond motifs is 3. The standard InChI is InChI=1S/C19H18N6O3/c1-28-12-6-4-5-11(9-12)15-23-16-13-7-2-3-8-14(13)22-18(25(16)24-15)19(21,10-26)17(20)27/h2-9,26H,10,21H2,1H3,(H2,20,27)/t19-/m0/s1. The number of methoxy groups -OCH3 is 1. The molecule has 2 heterocycles. The summed E-state index contributed by atoms with van der Waals surface area (Å²) in [5.41, 5.74) is 11.4. The Bertz CT molecular complexity index is 1200. The summed E-state index contributed by atoms with van der Waals surface area (Å²) in [5, 5.41) is 15.0. The molecule has 0 radical (unpaired) electrons. The normalized spacial score (nSPS) is 13.5. The van der Waals surface area contributed by atoms with Crippen LogP contribution in [0.15, 0.2) is 48.5 Å². The Morgan fingerprint density at radius 1 is 1.21 bits per heavy atom. The van der Waals surface area contributed by atoms with E-state index in [1.807, 2.05) is 30.3 Å². The van der Waals surface area contributed by atoms with Crippen molar-refractivity contribution in [2.24, 2.45) is 11.5 Å². The van der Waals surface area contributed by atoms with E-state index in [9.17, 15) is 9.90 Å². The lowest BCUT2D eigenvalue weighted by Gasteiger charge is -2.23. The number of aliphatic hydroxyl groups is 1. The zero-order valence-corrected chi connectivity index (χ0v) is 15.0. The number of aliphatic hydroxyl groups excluding tert-OH is 1. The SMILES string of the molecule is COc1cccc(-c2nc3c4ccccc4nc([C@](N)(CO)C(N)=O)n3n2)c1. The van der Waals surface area contributed by atoms with Crippen LogP contribution in [-0.4, -0.2) is 44.3 Å². The van der Waals surface area contributed by atoms with Gasteiger partial charge in [-0.3, -0.25) is 4.79 Å². The first-order valence-electron chi connectivity index (χ1n) is 8.48. The molecule has 0 saturated heterocycles. The highest BCUT2D eigenvalue weighted by atomic mass is 16.5. The van der Waals surface area contributed by atoms with Crippen LogP contribution < -0.4 is 16.2 Å². The van der Waals surface area contributed by atoms with Crippen LogP contribution in [0.1, 0.15) is 5.82 Å². The summed E-state index contributed by atoms with van der Waals surface area (Å²) < 4.78 is 6.62. The number of primary amides is 1. The molecule has 2 aromatic carbocycles. The summed E-state index contributed by atoms with van der Waals surface area (Å²) in [7, 11) is 1.57. The van der Waals surface area contributed by atoms with Crippen LogP contribution in [0.4, 0.5) is 0 Å². The van der Waals surface area contributed by atoms with Gasteiger partial charge in [-0.25, -0.2) is 9.97 Å². The molecule has 1 amide bonds. The lowest BCUT2D eigenvalue weighted by molar-refractivity contribution is -0.125. The van der Waals surface area contributed by atoms with Gasteiger partial charge in [-0.05, 0) is 24.3 Å². The molecule has 1 atom stereocenters. The second-order valence-corrected chi connectivity index (χ2v) is 6.35. The number of rotatable bonds is 5. The summed E-state index contributed by atoms with van der Waals surface area (Å²) >= 11 is 0. The van der Waals surface area contributed by atoms with Crippen LogP contribution in [0.3, 0.4) is 0 Å². The number of benzene rings is 2. The molecule has 0 aliphatic heterocycles. The lowest BCUT2D eigenvalue weighted by atomic mass is 10.00. The smallest absolute Gasteiger partial charge is 0.247 e. The van der Waals surface area contributed by atoms with E-state index in [0.717, 1.165) is 5.39 Å². The van der Waals surface area contributed by atoms with Crippen molar-refractivity contribution in [1.29, 1.82) is 0 Å². The van der Waals surface area contributed by atoms with E-state index in [-0.39, 0.29) is 5.82 Å². The fraction of sp³-hybridized carbons (Fsp3) is 0.158. The molecule has 0 aliphatic rings. The molecule has 0 fully saturated rings. The van der Waals surface area contributed by atoms with Crippen molar-refractivity contribution in [1.82, 2.24) is 19.6 Å². The molecule has 0 unspecified atom stereocenters. The van der Waals surface area contributed by atoms with Gasteiger partial charge in [0.2, 0.25) is 5.91 Å². The Morgan fingerprint density at radius 3 is 2.71 bits per heavy atom. The molecule has 0 bridgehead atoms. The van der Waals surface area contributed by atoms with Gasteiger partial charge in [0, 0.05) is 10.9 Å². The van der Waals surface area contributed by atoms with Gasteiger partial charge < -0.3 is 21.3 Å². The number of nitrogens with two attached hydrogens (primary N) is 2. The van der Waals surface area contributed by atoms with Gasteiger partial charge in [-0.15, -0.1) is 5.10 Å². The Morgan fingerprint density at radius 2 is 2.00 bits per heavy atom. The number of carbonyl (C=O) groups is 1. The lowest BCUT2D eigenvalue weighted by Crippen LogP contribution is -2.53. The fourth-order valence-electron chi connectivity index (χ4n) is 2.99. The summed E-state index contributed by atoms with van der Waals surface area (Å²) in [6.07, 6.45) is 0. The Labute approximate surface area is 159 Å². The van der Waals surface area contributed by atoms with Crippen molar-refractivity contribution < 1.29 is 14.6 Å². The molecular formula is C19H18N6O3. The number of hydrogen-bond donors (Lipinski definition) is 3. The molecule has 0 aliphatic carbocycles. The predicted octanol–water partition coefficient (Wildman–Crippen LogP) is 0.585. The summed E-state index contributed by atoms with van der Waals surface area (Å²) in [6, 6.07) is 14.5. The summed E-state index contributed by atoms with van der Waals surface area (Å²) in [5.74, 6) is 0.138. The van der Waals surface area contributed by atoms with E-state index in [0.29, 0.717) is 28.3 Å². The molecule has 4 aromatic rings. The number of para-hydroxylation sites is 1. The third kappa shape index (κ3) is 2.65. The second-order valence-electron chi connectivity index (χ2n) is 6.35. The third-order valence-corrected chi connectivity index (χ3v) is 4.60. The van der Waals surface area contributed by atoms with Crippen molar-refractivity contribution in [3.63, 3.8) is 0 Å². The van der Waals surface area contributed by atoms with Crippen LogP contribution in [0.2, 0.25) is 0 Å². The third-order valence-electron chi connectivity index (χ3n) is 4.60. The van der Waals surface area contributed by atoms with Gasteiger partial charge in [0.1, 0.15) is 5.75 Å². The van der Waals surface area contributed by atoms with Crippen LogP contribution in [0.5, 0.6) is 5.75 Å². The molecule has 0 spiro atoms. The second kappa shape index (κ2) is 6.55. The van der Waals surface area contributed by atoms with E-state index in [2.05, 4.69) is 15.1 Å². The van der Waals surface area contributed by atoms with E-state index in [1.165, 1.54) is 4.52 Å². The van der Waals surface area contributed by atoms with Gasteiger partial charge in [0.05, 0.1) is 19.2 Å².